The minimum atomic E-state index is -0.961. The maximum atomic E-state index is 12.0. The van der Waals surface area contributed by atoms with Gasteiger partial charge >= 0.3 is 12.0 Å². The molecule has 0 bridgehead atoms. The summed E-state index contributed by atoms with van der Waals surface area (Å²) in [6.45, 7) is 5.07. The maximum absolute atomic E-state index is 12.0. The summed E-state index contributed by atoms with van der Waals surface area (Å²) < 4.78 is 0. The number of carboxylic acids is 1. The lowest BCUT2D eigenvalue weighted by atomic mass is 10.3. The molecule has 0 unspecified atom stereocenters. The Kier molecular flexibility index (Phi) is 5.04. The summed E-state index contributed by atoms with van der Waals surface area (Å²) in [4.78, 5) is 25.7. The number of carbonyl (C=O) groups excluding carboxylic acids is 1. The van der Waals surface area contributed by atoms with E-state index in [2.05, 4.69) is 5.32 Å². The summed E-state index contributed by atoms with van der Waals surface area (Å²) >= 11 is 0. The van der Waals surface area contributed by atoms with E-state index in [1.807, 2.05) is 6.92 Å². The zero-order chi connectivity index (χ0) is 12.0. The molecule has 0 aliphatic carbocycles. The number of hydrogen-bond donors (Lipinski definition) is 2. The van der Waals surface area contributed by atoms with Crippen LogP contribution in [-0.4, -0.2) is 66.2 Å². The Morgan fingerprint density at radius 3 is 2.50 bits per heavy atom. The van der Waals surface area contributed by atoms with E-state index < -0.39 is 5.97 Å². The number of carboxylic acid groups (broad SMARTS) is 1. The molecule has 1 saturated heterocycles. The molecule has 0 aromatic heterocycles. The molecule has 2 amide bonds. The quantitative estimate of drug-likeness (QED) is 0.700. The third-order valence-corrected chi connectivity index (χ3v) is 2.48. The van der Waals surface area contributed by atoms with Crippen LogP contribution in [0, 0.1) is 0 Å². The molecular formula is C10H19N3O3. The van der Waals surface area contributed by atoms with Gasteiger partial charge in [-0.3, -0.25) is 4.79 Å². The van der Waals surface area contributed by atoms with Crippen LogP contribution in [0.4, 0.5) is 4.79 Å². The predicted octanol–water partition coefficient (Wildman–Crippen LogP) is -0.192. The molecule has 16 heavy (non-hydrogen) atoms. The average Bonchev–Trinajstić information content (AvgIpc) is 2.28. The third-order valence-electron chi connectivity index (χ3n) is 2.48. The smallest absolute Gasteiger partial charge is 0.323 e. The van der Waals surface area contributed by atoms with Crippen molar-refractivity contribution in [2.45, 2.75) is 13.3 Å². The van der Waals surface area contributed by atoms with Crippen LogP contribution in [0.15, 0.2) is 0 Å². The molecule has 0 radical (unpaired) electrons. The Bertz CT molecular complexity index is 252. The van der Waals surface area contributed by atoms with Crippen molar-refractivity contribution >= 4 is 12.0 Å². The number of amides is 2. The number of carbonyl (C=O) groups is 2. The van der Waals surface area contributed by atoms with E-state index in [4.69, 9.17) is 5.11 Å². The van der Waals surface area contributed by atoms with E-state index in [1.54, 1.807) is 4.90 Å². The molecule has 1 fully saturated rings. The molecule has 0 aromatic rings. The highest BCUT2D eigenvalue weighted by atomic mass is 16.4. The molecule has 1 rings (SSSR count). The second-order valence-corrected chi connectivity index (χ2v) is 3.83. The molecule has 0 aromatic carbocycles. The van der Waals surface area contributed by atoms with Crippen molar-refractivity contribution in [3.05, 3.63) is 0 Å². The lowest BCUT2D eigenvalue weighted by Crippen LogP contribution is -2.52. The van der Waals surface area contributed by atoms with Gasteiger partial charge in [-0.15, -0.1) is 0 Å². The number of nitrogens with zero attached hydrogens (tertiary/aromatic N) is 2. The fraction of sp³-hybridized carbons (Fsp3) is 0.800. The van der Waals surface area contributed by atoms with Crippen LogP contribution >= 0.6 is 0 Å². The molecule has 6 heteroatoms. The molecule has 2 N–H and O–H groups in total. The Hall–Kier alpha value is -1.30. The van der Waals surface area contributed by atoms with Crippen LogP contribution < -0.4 is 5.32 Å². The van der Waals surface area contributed by atoms with Gasteiger partial charge in [0.1, 0.15) is 6.54 Å². The fourth-order valence-corrected chi connectivity index (χ4v) is 1.73. The summed E-state index contributed by atoms with van der Waals surface area (Å²) in [6, 6.07) is -0.161. The van der Waals surface area contributed by atoms with Gasteiger partial charge in [0.25, 0.3) is 0 Å². The fourth-order valence-electron chi connectivity index (χ4n) is 1.73. The standard InChI is InChI=1S/C10H19N3O3/c1-2-5-13(8-9(14)15)10(16)12-6-3-11-4-7-12/h11H,2-8H2,1H3,(H,14,15). The molecular weight excluding hydrogens is 210 g/mol. The van der Waals surface area contributed by atoms with Gasteiger partial charge < -0.3 is 20.2 Å². The highest BCUT2D eigenvalue weighted by Crippen LogP contribution is 2.02. The number of hydrogen-bond acceptors (Lipinski definition) is 3. The summed E-state index contributed by atoms with van der Waals surface area (Å²) in [5.74, 6) is -0.961. The average molecular weight is 229 g/mol. The van der Waals surface area contributed by atoms with Gasteiger partial charge in [-0.1, -0.05) is 6.92 Å². The first-order chi connectivity index (χ1) is 7.65. The van der Waals surface area contributed by atoms with Crippen LogP contribution in [0.2, 0.25) is 0 Å². The first-order valence-electron chi connectivity index (χ1n) is 5.61. The predicted molar refractivity (Wildman–Crippen MR) is 59.3 cm³/mol. The van der Waals surface area contributed by atoms with Gasteiger partial charge in [0.05, 0.1) is 0 Å². The molecule has 0 saturated carbocycles. The van der Waals surface area contributed by atoms with Crippen molar-refractivity contribution in [2.24, 2.45) is 0 Å². The SMILES string of the molecule is CCCN(CC(=O)O)C(=O)N1CCNCC1. The Labute approximate surface area is 95.2 Å². The number of piperazine rings is 1. The zero-order valence-corrected chi connectivity index (χ0v) is 9.61. The Balaban J connectivity index is 2.54. The van der Waals surface area contributed by atoms with Gasteiger partial charge in [0, 0.05) is 32.7 Å². The first kappa shape index (κ1) is 12.8. The van der Waals surface area contributed by atoms with Gasteiger partial charge in [-0.2, -0.15) is 0 Å². The van der Waals surface area contributed by atoms with Crippen LogP contribution in [0.5, 0.6) is 0 Å². The van der Waals surface area contributed by atoms with E-state index in [0.29, 0.717) is 19.6 Å². The monoisotopic (exact) mass is 229 g/mol. The Morgan fingerprint density at radius 1 is 1.38 bits per heavy atom. The van der Waals surface area contributed by atoms with E-state index in [0.717, 1.165) is 19.5 Å². The third kappa shape index (κ3) is 3.69. The second-order valence-electron chi connectivity index (χ2n) is 3.83. The Morgan fingerprint density at radius 2 is 2.00 bits per heavy atom. The molecule has 92 valence electrons. The van der Waals surface area contributed by atoms with E-state index in [1.165, 1.54) is 4.90 Å². The van der Waals surface area contributed by atoms with Crippen molar-refractivity contribution in [2.75, 3.05) is 39.3 Å². The van der Waals surface area contributed by atoms with E-state index in [9.17, 15) is 9.59 Å². The summed E-state index contributed by atoms with van der Waals surface area (Å²) in [6.07, 6.45) is 0.769. The van der Waals surface area contributed by atoms with E-state index in [-0.39, 0.29) is 12.6 Å². The maximum Gasteiger partial charge on any atom is 0.323 e. The van der Waals surface area contributed by atoms with Crippen molar-refractivity contribution < 1.29 is 14.7 Å². The summed E-state index contributed by atoms with van der Waals surface area (Å²) in [7, 11) is 0. The second kappa shape index (κ2) is 6.32. The highest BCUT2D eigenvalue weighted by Gasteiger charge is 2.23. The van der Waals surface area contributed by atoms with Crippen molar-refractivity contribution in [1.29, 1.82) is 0 Å². The van der Waals surface area contributed by atoms with Gasteiger partial charge in [-0.25, -0.2) is 4.79 Å². The minimum Gasteiger partial charge on any atom is -0.480 e. The van der Waals surface area contributed by atoms with Crippen molar-refractivity contribution in [1.82, 2.24) is 15.1 Å². The van der Waals surface area contributed by atoms with Gasteiger partial charge in [-0.05, 0) is 6.42 Å². The van der Waals surface area contributed by atoms with Crippen molar-refractivity contribution in [3.8, 4) is 0 Å². The molecule has 0 atom stereocenters. The first-order valence-corrected chi connectivity index (χ1v) is 5.61. The number of urea groups is 1. The number of nitrogens with one attached hydrogen (secondary N) is 1. The molecule has 1 aliphatic rings. The minimum absolute atomic E-state index is 0.161. The molecule has 0 spiro atoms. The lowest BCUT2D eigenvalue weighted by molar-refractivity contribution is -0.137. The highest BCUT2D eigenvalue weighted by molar-refractivity contribution is 5.80. The molecule has 1 aliphatic heterocycles. The largest absolute Gasteiger partial charge is 0.480 e. The topological polar surface area (TPSA) is 72.9 Å². The molecule has 6 nitrogen and oxygen atoms in total. The lowest BCUT2D eigenvalue weighted by Gasteiger charge is -2.32. The van der Waals surface area contributed by atoms with Crippen LogP contribution in [0.1, 0.15) is 13.3 Å². The van der Waals surface area contributed by atoms with Crippen LogP contribution in [-0.2, 0) is 4.79 Å². The summed E-state index contributed by atoms with van der Waals surface area (Å²) in [5.41, 5.74) is 0. The van der Waals surface area contributed by atoms with Crippen LogP contribution in [0.3, 0.4) is 0 Å². The van der Waals surface area contributed by atoms with Crippen molar-refractivity contribution in [3.63, 3.8) is 0 Å². The number of rotatable bonds is 4. The zero-order valence-electron chi connectivity index (χ0n) is 9.61. The normalized spacial score (nSPS) is 15.9. The van der Waals surface area contributed by atoms with Crippen LogP contribution in [0.25, 0.3) is 0 Å². The van der Waals surface area contributed by atoms with Gasteiger partial charge in [0.2, 0.25) is 0 Å². The van der Waals surface area contributed by atoms with Gasteiger partial charge in [0.15, 0.2) is 0 Å². The van der Waals surface area contributed by atoms with E-state index >= 15 is 0 Å². The molecule has 1 heterocycles. The summed E-state index contributed by atoms with van der Waals surface area (Å²) in [5, 5.41) is 11.9. The number of aliphatic carboxylic acids is 1.